The first-order chi connectivity index (χ1) is 9.24. The van der Waals surface area contributed by atoms with E-state index in [1.807, 2.05) is 24.3 Å². The highest BCUT2D eigenvalue weighted by molar-refractivity contribution is 6.33. The Morgan fingerprint density at radius 1 is 1.16 bits per heavy atom. The van der Waals surface area contributed by atoms with Gasteiger partial charge in [0.2, 0.25) is 0 Å². The molecule has 0 saturated heterocycles. The van der Waals surface area contributed by atoms with Crippen LogP contribution in [-0.2, 0) is 6.61 Å². The summed E-state index contributed by atoms with van der Waals surface area (Å²) in [4.78, 5) is 0. The summed E-state index contributed by atoms with van der Waals surface area (Å²) in [5, 5.41) is 0. The average molecular weight is 248 g/mol. The van der Waals surface area contributed by atoms with Gasteiger partial charge in [-0.1, -0.05) is 47.4 Å². The molecule has 1 aliphatic rings. The Morgan fingerprint density at radius 2 is 1.89 bits per heavy atom. The quantitative estimate of drug-likeness (QED) is 0.754. The van der Waals surface area contributed by atoms with E-state index in [1.165, 1.54) is 24.0 Å². The van der Waals surface area contributed by atoms with Gasteiger partial charge in [-0.25, -0.2) is 0 Å². The molecular formula is C17H17BO. The fraction of sp³-hybridized carbons (Fsp3) is 0.294. The van der Waals surface area contributed by atoms with Gasteiger partial charge in [0.15, 0.2) is 0 Å². The molecule has 1 saturated carbocycles. The van der Waals surface area contributed by atoms with Crippen molar-refractivity contribution in [1.29, 1.82) is 0 Å². The van der Waals surface area contributed by atoms with Crippen molar-refractivity contribution < 1.29 is 4.74 Å². The van der Waals surface area contributed by atoms with Gasteiger partial charge in [-0.3, -0.25) is 0 Å². The maximum atomic E-state index is 6.00. The van der Waals surface area contributed by atoms with Crippen molar-refractivity contribution in [3.8, 4) is 5.75 Å². The fourth-order valence-corrected chi connectivity index (χ4v) is 2.30. The van der Waals surface area contributed by atoms with E-state index in [1.54, 1.807) is 0 Å². The van der Waals surface area contributed by atoms with Crippen LogP contribution < -0.4 is 10.2 Å². The Kier molecular flexibility index (Phi) is 3.33. The molecule has 2 aromatic rings. The summed E-state index contributed by atoms with van der Waals surface area (Å²) in [6.07, 6.45) is 2.54. The van der Waals surface area contributed by atoms with E-state index in [2.05, 4.69) is 25.1 Å². The highest BCUT2D eigenvalue weighted by Gasteiger charge is 2.27. The van der Waals surface area contributed by atoms with Crippen LogP contribution in [0.3, 0.4) is 0 Å². The lowest BCUT2D eigenvalue weighted by Gasteiger charge is -2.14. The molecule has 2 radical (unpaired) electrons. The molecule has 0 bridgehead atoms. The minimum absolute atomic E-state index is 0.600. The summed E-state index contributed by atoms with van der Waals surface area (Å²) in [5.74, 6) is 1.62. The molecule has 1 fully saturated rings. The van der Waals surface area contributed by atoms with Gasteiger partial charge in [0.05, 0.1) is 0 Å². The lowest BCUT2D eigenvalue weighted by Crippen LogP contribution is -2.10. The van der Waals surface area contributed by atoms with Gasteiger partial charge in [0.1, 0.15) is 20.2 Å². The number of benzene rings is 2. The van der Waals surface area contributed by atoms with E-state index < -0.39 is 0 Å². The molecule has 0 atom stereocenters. The first-order valence-electron chi connectivity index (χ1n) is 6.81. The van der Waals surface area contributed by atoms with Gasteiger partial charge in [-0.2, -0.15) is 0 Å². The molecular weight excluding hydrogens is 231 g/mol. The van der Waals surface area contributed by atoms with E-state index in [0.29, 0.717) is 12.5 Å². The monoisotopic (exact) mass is 248 g/mol. The van der Waals surface area contributed by atoms with Crippen LogP contribution in [0.5, 0.6) is 5.75 Å². The standard InChI is InChI=1S/C17H17BO/c1-12-9-15(14-7-8-14)17(10-16(12)18)19-11-13-5-3-2-4-6-13/h2-6,9-10,14H,7-8,11H2,1H3. The second-order valence-corrected chi connectivity index (χ2v) is 5.30. The van der Waals surface area contributed by atoms with Crippen molar-refractivity contribution in [2.75, 3.05) is 0 Å². The number of hydrogen-bond donors (Lipinski definition) is 0. The Labute approximate surface area is 116 Å². The number of ether oxygens (including phenoxy) is 1. The molecule has 0 aliphatic heterocycles. The molecule has 0 spiro atoms. The molecule has 2 aromatic carbocycles. The van der Waals surface area contributed by atoms with E-state index in [9.17, 15) is 0 Å². The fourth-order valence-electron chi connectivity index (χ4n) is 2.30. The van der Waals surface area contributed by atoms with Crippen molar-refractivity contribution in [3.05, 3.63) is 59.2 Å². The third-order valence-electron chi connectivity index (χ3n) is 3.65. The third kappa shape index (κ3) is 2.84. The normalized spacial score (nSPS) is 14.4. The highest BCUT2D eigenvalue weighted by atomic mass is 16.5. The van der Waals surface area contributed by atoms with Crippen LogP contribution in [0.4, 0.5) is 0 Å². The van der Waals surface area contributed by atoms with E-state index in [0.717, 1.165) is 16.8 Å². The first kappa shape index (κ1) is 12.3. The van der Waals surface area contributed by atoms with Crippen molar-refractivity contribution in [2.24, 2.45) is 0 Å². The lowest BCUT2D eigenvalue weighted by atomic mass is 9.88. The summed E-state index contributed by atoms with van der Waals surface area (Å²) < 4.78 is 5.98. The maximum absolute atomic E-state index is 6.00. The Hall–Kier alpha value is -1.70. The van der Waals surface area contributed by atoms with Crippen LogP contribution in [0.1, 0.15) is 35.4 Å². The Morgan fingerprint density at radius 3 is 2.58 bits per heavy atom. The van der Waals surface area contributed by atoms with Crippen LogP contribution in [-0.4, -0.2) is 7.85 Å². The SMILES string of the molecule is [B]c1cc(OCc2ccccc2)c(C2CC2)cc1C. The van der Waals surface area contributed by atoms with E-state index in [-0.39, 0.29) is 0 Å². The van der Waals surface area contributed by atoms with Crippen LogP contribution >= 0.6 is 0 Å². The van der Waals surface area contributed by atoms with Gasteiger partial charge in [-0.15, -0.1) is 0 Å². The zero-order valence-corrected chi connectivity index (χ0v) is 11.2. The Balaban J connectivity index is 1.81. The van der Waals surface area contributed by atoms with Gasteiger partial charge in [0.25, 0.3) is 0 Å². The summed E-state index contributed by atoms with van der Waals surface area (Å²) >= 11 is 0. The molecule has 19 heavy (non-hydrogen) atoms. The van der Waals surface area contributed by atoms with Gasteiger partial charge in [-0.05, 0) is 42.9 Å². The molecule has 0 N–H and O–H groups in total. The predicted octanol–water partition coefficient (Wildman–Crippen LogP) is 3.25. The molecule has 94 valence electrons. The molecule has 1 nitrogen and oxygen atoms in total. The van der Waals surface area contributed by atoms with Crippen molar-refractivity contribution >= 4 is 13.3 Å². The number of aryl methyl sites for hydroxylation is 1. The van der Waals surface area contributed by atoms with Crippen molar-refractivity contribution in [3.63, 3.8) is 0 Å². The molecule has 2 heteroatoms. The number of rotatable bonds is 4. The maximum Gasteiger partial charge on any atom is 0.122 e. The molecule has 1 aliphatic carbocycles. The largest absolute Gasteiger partial charge is 0.489 e. The highest BCUT2D eigenvalue weighted by Crippen LogP contribution is 2.44. The second-order valence-electron chi connectivity index (χ2n) is 5.30. The van der Waals surface area contributed by atoms with Gasteiger partial charge < -0.3 is 4.74 Å². The summed E-state index contributed by atoms with van der Waals surface area (Å²) in [5.41, 5.74) is 4.47. The minimum Gasteiger partial charge on any atom is -0.489 e. The molecule has 0 unspecified atom stereocenters. The zero-order valence-electron chi connectivity index (χ0n) is 11.2. The zero-order chi connectivity index (χ0) is 13.2. The summed E-state index contributed by atoms with van der Waals surface area (Å²) in [6.45, 7) is 2.66. The summed E-state index contributed by atoms with van der Waals surface area (Å²) in [6, 6.07) is 14.4. The lowest BCUT2D eigenvalue weighted by molar-refractivity contribution is 0.303. The number of hydrogen-bond acceptors (Lipinski definition) is 1. The van der Waals surface area contributed by atoms with Crippen molar-refractivity contribution in [2.45, 2.75) is 32.3 Å². The topological polar surface area (TPSA) is 9.23 Å². The van der Waals surface area contributed by atoms with E-state index in [4.69, 9.17) is 12.6 Å². The molecule has 3 rings (SSSR count). The third-order valence-corrected chi connectivity index (χ3v) is 3.65. The van der Waals surface area contributed by atoms with Crippen LogP contribution in [0.2, 0.25) is 0 Å². The van der Waals surface area contributed by atoms with E-state index >= 15 is 0 Å². The van der Waals surface area contributed by atoms with Crippen LogP contribution in [0, 0.1) is 6.92 Å². The first-order valence-corrected chi connectivity index (χ1v) is 6.81. The van der Waals surface area contributed by atoms with Crippen molar-refractivity contribution in [1.82, 2.24) is 0 Å². The van der Waals surface area contributed by atoms with Gasteiger partial charge in [0, 0.05) is 0 Å². The second kappa shape index (κ2) is 5.12. The van der Waals surface area contributed by atoms with Gasteiger partial charge >= 0.3 is 0 Å². The average Bonchev–Trinajstić information content (AvgIpc) is 3.25. The molecule has 0 heterocycles. The molecule has 0 amide bonds. The predicted molar refractivity (Wildman–Crippen MR) is 79.3 cm³/mol. The van der Waals surface area contributed by atoms with Crippen LogP contribution in [0.25, 0.3) is 0 Å². The minimum atomic E-state index is 0.600. The summed E-state index contributed by atoms with van der Waals surface area (Å²) in [7, 11) is 6.00. The smallest absolute Gasteiger partial charge is 0.122 e. The molecule has 0 aromatic heterocycles. The Bertz CT molecular complexity index is 573. The van der Waals surface area contributed by atoms with Crippen LogP contribution in [0.15, 0.2) is 42.5 Å².